The second-order valence-electron chi connectivity index (χ2n) is 20.1. The van der Waals surface area contributed by atoms with Gasteiger partial charge in [0.25, 0.3) is 0 Å². The van der Waals surface area contributed by atoms with Gasteiger partial charge in [0.15, 0.2) is 5.78 Å². The third-order valence-electron chi connectivity index (χ3n) is 13.7. The van der Waals surface area contributed by atoms with Gasteiger partial charge in [0, 0.05) is 68.2 Å². The molecule has 6 rings (SSSR count). The molecule has 1 aromatic heterocycles. The van der Waals surface area contributed by atoms with Crippen LogP contribution in [-0.2, 0) is 66.7 Å². The number of nitrogens with two attached hydrogens (primary N) is 1. The first-order chi connectivity index (χ1) is 33.4. The molecule has 70 heavy (non-hydrogen) atoms. The number of carbonyl (C=O) groups excluding carboxylic acids is 7. The van der Waals surface area contributed by atoms with Crippen LogP contribution < -0.4 is 21.7 Å². The quantitative estimate of drug-likeness (QED) is 0.0465. The zero-order chi connectivity index (χ0) is 50.7. The monoisotopic (exact) mass is 1030 g/mol. The summed E-state index contributed by atoms with van der Waals surface area (Å²) in [6.07, 6.45) is 4.93. The minimum absolute atomic E-state index is 0.0374. The number of hydrogen-bond donors (Lipinski definition) is 4. The number of nitrogens with one attached hydrogen (secondary N) is 3. The molecular formula is C49H72N8O10P2S. The Balaban J connectivity index is 1.23. The van der Waals surface area contributed by atoms with E-state index in [4.69, 9.17) is 19.5 Å². The number of rotatable bonds is 21. The zero-order valence-corrected chi connectivity index (χ0v) is 44.2. The van der Waals surface area contributed by atoms with E-state index in [0.29, 0.717) is 44.6 Å². The highest BCUT2D eigenvalue weighted by molar-refractivity contribution is 7.10. The van der Waals surface area contributed by atoms with Gasteiger partial charge in [-0.15, -0.1) is 11.3 Å². The Bertz CT molecular complexity index is 2210. The summed E-state index contributed by atoms with van der Waals surface area (Å²) in [5.74, 6) is -3.69. The van der Waals surface area contributed by atoms with Crippen molar-refractivity contribution >= 4 is 77.4 Å². The molecule has 384 valence electrons. The molecule has 2 saturated heterocycles. The first-order valence-corrected chi connectivity index (χ1v) is 26.2. The molecule has 4 aliphatic rings. The van der Waals surface area contributed by atoms with Crippen LogP contribution in [0.1, 0.15) is 101 Å². The third kappa shape index (κ3) is 14.6. The number of benzene rings is 1. The zero-order valence-electron chi connectivity index (χ0n) is 41.1. The molecule has 5 N–H and O–H groups in total. The molecule has 11 atom stereocenters. The molecule has 0 bridgehead atoms. The van der Waals surface area contributed by atoms with Gasteiger partial charge in [-0.1, -0.05) is 43.2 Å². The Hall–Kier alpha value is -4.38. The second-order valence-corrected chi connectivity index (χ2v) is 21.7. The summed E-state index contributed by atoms with van der Waals surface area (Å²) in [6, 6.07) is 6.33. The highest BCUT2D eigenvalue weighted by Gasteiger charge is 2.51. The van der Waals surface area contributed by atoms with Gasteiger partial charge < -0.3 is 45.3 Å². The number of amidine groups is 1. The van der Waals surface area contributed by atoms with Crippen molar-refractivity contribution in [1.29, 1.82) is 0 Å². The van der Waals surface area contributed by atoms with E-state index in [-0.39, 0.29) is 81.0 Å². The molecule has 2 aromatic rings. The lowest BCUT2D eigenvalue weighted by Crippen LogP contribution is -2.62. The van der Waals surface area contributed by atoms with Crippen molar-refractivity contribution in [2.24, 2.45) is 22.6 Å². The number of esters is 1. The minimum Gasteiger partial charge on any atom is -0.458 e. The third-order valence-corrected chi connectivity index (χ3v) is 15.2. The van der Waals surface area contributed by atoms with Crippen LogP contribution in [0.15, 0.2) is 46.8 Å². The van der Waals surface area contributed by atoms with E-state index in [1.807, 2.05) is 53.7 Å². The van der Waals surface area contributed by atoms with Crippen LogP contribution in [0.2, 0.25) is 0 Å². The van der Waals surface area contributed by atoms with Crippen LogP contribution >= 0.6 is 30.3 Å². The number of hydrogen-bond acceptors (Lipinski definition) is 13. The number of carbonyl (C=O) groups is 7. The molecule has 10 unspecified atom stereocenters. The van der Waals surface area contributed by atoms with E-state index in [0.717, 1.165) is 35.3 Å². The van der Waals surface area contributed by atoms with Crippen LogP contribution in [0.3, 0.4) is 0 Å². The van der Waals surface area contributed by atoms with E-state index in [1.54, 1.807) is 32.6 Å². The Morgan fingerprint density at radius 2 is 1.67 bits per heavy atom. The lowest BCUT2D eigenvalue weighted by molar-refractivity contribution is -0.159. The molecule has 21 heteroatoms. The summed E-state index contributed by atoms with van der Waals surface area (Å²) < 4.78 is 16.6. The SMILES string of the molecule is CC(N)=NCCCC(NC(=O)C1CC2CCCCC2N1C(=O)C1Cc2ccccc2CN1C(=O)C(COP)NC(=O)C(CC(=O)CNC(=O)C1C[C@H](OP)CN1C)Cc1cccs1)C(=O)OC(C)(C)C. The smallest absolute Gasteiger partial charge is 0.329 e. The highest BCUT2D eigenvalue weighted by Crippen LogP contribution is 2.41. The average molecular weight is 1030 g/mol. The first kappa shape index (κ1) is 54.9. The molecule has 3 fully saturated rings. The molecule has 1 aromatic carbocycles. The maximum Gasteiger partial charge on any atom is 0.329 e. The number of nitrogens with zero attached hydrogens (tertiary/aromatic N) is 4. The molecule has 0 spiro atoms. The Morgan fingerprint density at radius 3 is 2.34 bits per heavy atom. The summed E-state index contributed by atoms with van der Waals surface area (Å²) in [6.45, 7) is 7.38. The first-order valence-electron chi connectivity index (χ1n) is 24.4. The van der Waals surface area contributed by atoms with Gasteiger partial charge in [0.2, 0.25) is 29.5 Å². The second kappa shape index (κ2) is 25.3. The van der Waals surface area contributed by atoms with Gasteiger partial charge in [-0.3, -0.25) is 38.7 Å². The maximum absolute atomic E-state index is 15.5. The van der Waals surface area contributed by atoms with Gasteiger partial charge in [0.05, 0.1) is 31.1 Å². The molecular weight excluding hydrogens is 955 g/mol. The highest BCUT2D eigenvalue weighted by atomic mass is 32.1. The Kier molecular flexibility index (Phi) is 19.9. The fourth-order valence-electron chi connectivity index (χ4n) is 10.3. The fourth-order valence-corrected chi connectivity index (χ4v) is 11.5. The van der Waals surface area contributed by atoms with Crippen LogP contribution in [0.4, 0.5) is 0 Å². The van der Waals surface area contributed by atoms with Gasteiger partial charge in [-0.25, -0.2) is 4.79 Å². The van der Waals surface area contributed by atoms with E-state index < -0.39 is 65.4 Å². The Morgan fingerprint density at radius 1 is 0.929 bits per heavy atom. The Labute approximate surface area is 420 Å². The van der Waals surface area contributed by atoms with Crippen LogP contribution in [-0.4, -0.2) is 143 Å². The van der Waals surface area contributed by atoms with Crippen molar-refractivity contribution in [3.8, 4) is 0 Å². The number of amides is 5. The van der Waals surface area contributed by atoms with Crippen molar-refractivity contribution in [1.82, 2.24) is 30.7 Å². The summed E-state index contributed by atoms with van der Waals surface area (Å²) >= 11 is 1.44. The molecule has 1 aliphatic carbocycles. The normalized spacial score (nSPS) is 23.9. The number of aliphatic imine (C=N–C) groups is 1. The maximum atomic E-state index is 15.5. The van der Waals surface area contributed by atoms with Crippen LogP contribution in [0, 0.1) is 11.8 Å². The topological polar surface area (TPSA) is 231 Å². The van der Waals surface area contributed by atoms with Crippen molar-refractivity contribution in [2.45, 2.75) is 153 Å². The van der Waals surface area contributed by atoms with Gasteiger partial charge in [-0.05, 0) is 108 Å². The summed E-state index contributed by atoms with van der Waals surface area (Å²) in [5, 5.41) is 10.5. The number of fused-ring (bicyclic) bond motifs is 2. The number of likely N-dealkylation sites (tertiary alicyclic amines) is 2. The number of Topliss-reactive ketones (excluding diaryl/α,β-unsaturated/α-hetero) is 1. The summed E-state index contributed by atoms with van der Waals surface area (Å²) in [4.78, 5) is 110. The van der Waals surface area contributed by atoms with Crippen molar-refractivity contribution in [3.05, 3.63) is 57.8 Å². The fraction of sp³-hybridized carbons (Fsp3) is 0.633. The predicted molar refractivity (Wildman–Crippen MR) is 272 cm³/mol. The average Bonchev–Trinajstić information content (AvgIpc) is 4.08. The number of ketones is 1. The lowest BCUT2D eigenvalue weighted by atomic mass is 9.84. The molecule has 18 nitrogen and oxygen atoms in total. The molecule has 5 amide bonds. The van der Waals surface area contributed by atoms with Crippen molar-refractivity contribution in [2.75, 3.05) is 33.3 Å². The standard InChI is InChI=1S/C49H72N8O10P2S/c1-29(50)51-18-10-16-37(48(64)66-49(2,3)4)53-45(61)41-23-31-13-8-9-17-39(31)57(41)47(63)42-22-30-12-6-7-14-32(30)26-56(42)46(62)38(28-65-68)54-43(59)33(21-36-15-11-19-70-36)20-34(58)25-52-44(60)40-24-35(67-69)27-55(40)5/h6-7,11-12,14-15,19,31,33,35,37-42H,8-10,13,16-18,20-28,68-69H2,1-5H3,(H2,50,51)(H,52,60)(H,53,61)(H,54,59)/t31?,33?,35-,37?,38?,39?,40?,41?,42?/m0/s1. The number of thiophene rings is 1. The van der Waals surface area contributed by atoms with E-state index in [1.165, 1.54) is 16.2 Å². The van der Waals surface area contributed by atoms with Crippen LogP contribution in [0.5, 0.6) is 0 Å². The van der Waals surface area contributed by atoms with Crippen LogP contribution in [0.25, 0.3) is 0 Å². The van der Waals surface area contributed by atoms with Gasteiger partial charge in [0.1, 0.15) is 29.8 Å². The molecule has 3 aliphatic heterocycles. The van der Waals surface area contributed by atoms with E-state index in [9.17, 15) is 24.0 Å². The predicted octanol–water partition coefficient (Wildman–Crippen LogP) is 3.25. The number of likely N-dealkylation sites (N-methyl/N-ethyl adjacent to an activating group) is 1. The minimum atomic E-state index is -1.27. The van der Waals surface area contributed by atoms with Crippen molar-refractivity contribution < 1.29 is 47.3 Å². The van der Waals surface area contributed by atoms with E-state index >= 15 is 9.59 Å². The van der Waals surface area contributed by atoms with Gasteiger partial charge >= 0.3 is 5.97 Å². The molecule has 4 heterocycles. The molecule has 0 radical (unpaired) electrons. The molecule has 1 saturated carbocycles. The van der Waals surface area contributed by atoms with Gasteiger partial charge in [-0.2, -0.15) is 0 Å². The van der Waals surface area contributed by atoms with Crippen molar-refractivity contribution in [3.63, 3.8) is 0 Å². The lowest BCUT2D eigenvalue weighted by Gasteiger charge is -2.42. The summed E-state index contributed by atoms with van der Waals surface area (Å²) in [7, 11) is 6.16. The van der Waals surface area contributed by atoms with E-state index in [2.05, 4.69) is 39.9 Å². The largest absolute Gasteiger partial charge is 0.458 e. The number of ether oxygens (including phenoxy) is 1. The summed E-state index contributed by atoms with van der Waals surface area (Å²) in [5.41, 5.74) is 6.65.